The van der Waals surface area contributed by atoms with E-state index in [9.17, 15) is 0 Å². The molecule has 0 saturated carbocycles. The molecule has 0 bridgehead atoms. The van der Waals surface area contributed by atoms with Crippen molar-refractivity contribution >= 4 is 16.8 Å². The molecule has 1 unspecified atom stereocenters. The first-order chi connectivity index (χ1) is 13.0. The highest BCUT2D eigenvalue weighted by atomic mass is 15.2. The lowest BCUT2D eigenvalue weighted by Crippen LogP contribution is -2.45. The van der Waals surface area contributed by atoms with Gasteiger partial charge in [-0.05, 0) is 61.6 Å². The Hall–Kier alpha value is -2.80. The lowest BCUT2D eigenvalue weighted by molar-refractivity contribution is 0.580. The van der Waals surface area contributed by atoms with Crippen LogP contribution in [0.2, 0.25) is 0 Å². The molecule has 1 aliphatic rings. The van der Waals surface area contributed by atoms with Crippen LogP contribution in [0.1, 0.15) is 37.5 Å². The van der Waals surface area contributed by atoms with E-state index in [0.717, 1.165) is 0 Å². The highest BCUT2D eigenvalue weighted by Gasteiger charge is 2.45. The number of hydrogen-bond donors (Lipinski definition) is 0. The molecule has 0 spiro atoms. The van der Waals surface area contributed by atoms with Crippen LogP contribution in [0.25, 0.3) is 11.1 Å². The molecule has 3 aromatic rings. The first-order valence-corrected chi connectivity index (χ1v) is 9.72. The van der Waals surface area contributed by atoms with Crippen LogP contribution in [-0.2, 0) is 0 Å². The van der Waals surface area contributed by atoms with Crippen molar-refractivity contribution in [1.82, 2.24) is 0 Å². The van der Waals surface area contributed by atoms with Crippen LogP contribution >= 0.6 is 0 Å². The van der Waals surface area contributed by atoms with E-state index in [2.05, 4.69) is 118 Å². The topological polar surface area (TPSA) is 3.24 Å². The van der Waals surface area contributed by atoms with Crippen LogP contribution in [0.5, 0.6) is 0 Å². The van der Waals surface area contributed by atoms with Crippen LogP contribution in [0.15, 0.2) is 84.9 Å². The zero-order valence-corrected chi connectivity index (χ0v) is 16.6. The standard InChI is InChI=1S/C26H27N/c1-19-13-11-12-18-23(19)27-20(2)24(21-14-7-5-8-15-21)25(26(27,3)4)22-16-9-6-10-17-22/h5-18,20H,1-4H3. The first-order valence-electron chi connectivity index (χ1n) is 9.72. The molecule has 0 saturated heterocycles. The maximum Gasteiger partial charge on any atom is 0.0613 e. The molecule has 0 radical (unpaired) electrons. The van der Waals surface area contributed by atoms with Crippen LogP contribution in [0.4, 0.5) is 5.69 Å². The largest absolute Gasteiger partial charge is 0.355 e. The first kappa shape index (κ1) is 17.6. The molecule has 136 valence electrons. The minimum absolute atomic E-state index is 0.113. The van der Waals surface area contributed by atoms with E-state index in [1.54, 1.807) is 0 Å². The monoisotopic (exact) mass is 353 g/mol. The van der Waals surface area contributed by atoms with Crippen molar-refractivity contribution in [3.8, 4) is 0 Å². The normalized spacial score (nSPS) is 18.8. The highest BCUT2D eigenvalue weighted by molar-refractivity contribution is 6.03. The van der Waals surface area contributed by atoms with Gasteiger partial charge in [0, 0.05) is 5.69 Å². The second-order valence-corrected chi connectivity index (χ2v) is 7.91. The molecule has 0 amide bonds. The van der Waals surface area contributed by atoms with Crippen molar-refractivity contribution in [3.63, 3.8) is 0 Å². The highest BCUT2D eigenvalue weighted by Crippen LogP contribution is 2.50. The summed E-state index contributed by atoms with van der Waals surface area (Å²) in [6.45, 7) is 9.26. The molecule has 1 nitrogen and oxygen atoms in total. The van der Waals surface area contributed by atoms with E-state index < -0.39 is 0 Å². The second kappa shape index (κ2) is 6.74. The summed E-state index contributed by atoms with van der Waals surface area (Å²) in [7, 11) is 0. The van der Waals surface area contributed by atoms with Crippen molar-refractivity contribution in [2.24, 2.45) is 0 Å². The van der Waals surface area contributed by atoms with Gasteiger partial charge in [0.15, 0.2) is 0 Å². The minimum atomic E-state index is -0.113. The Labute approximate surface area is 163 Å². The summed E-state index contributed by atoms with van der Waals surface area (Å²) in [5.74, 6) is 0. The van der Waals surface area contributed by atoms with E-state index in [1.807, 2.05) is 0 Å². The van der Waals surface area contributed by atoms with E-state index >= 15 is 0 Å². The summed E-state index contributed by atoms with van der Waals surface area (Å²) in [5, 5.41) is 0. The molecule has 0 fully saturated rings. The maximum absolute atomic E-state index is 2.59. The van der Waals surface area contributed by atoms with Gasteiger partial charge in [-0.15, -0.1) is 0 Å². The molecular formula is C26H27N. The van der Waals surface area contributed by atoms with Crippen LogP contribution < -0.4 is 4.90 Å². The lowest BCUT2D eigenvalue weighted by Gasteiger charge is -2.40. The van der Waals surface area contributed by atoms with Crippen LogP contribution in [0, 0.1) is 6.92 Å². The molecule has 1 heterocycles. The molecule has 3 aromatic carbocycles. The summed E-state index contributed by atoms with van der Waals surface area (Å²) in [4.78, 5) is 2.59. The summed E-state index contributed by atoms with van der Waals surface area (Å²) in [6, 6.07) is 30.7. The fourth-order valence-corrected chi connectivity index (χ4v) is 4.73. The van der Waals surface area contributed by atoms with Crippen LogP contribution in [0.3, 0.4) is 0 Å². The van der Waals surface area contributed by atoms with E-state index in [0.29, 0.717) is 6.04 Å². The number of benzene rings is 3. The average Bonchev–Trinajstić information content (AvgIpc) is 2.89. The van der Waals surface area contributed by atoms with Gasteiger partial charge < -0.3 is 4.90 Å². The number of rotatable bonds is 3. The molecule has 4 rings (SSSR count). The predicted molar refractivity (Wildman–Crippen MR) is 117 cm³/mol. The Balaban J connectivity index is 1.97. The second-order valence-electron chi connectivity index (χ2n) is 7.91. The molecule has 1 heteroatoms. The molecular weight excluding hydrogens is 326 g/mol. The van der Waals surface area contributed by atoms with Gasteiger partial charge >= 0.3 is 0 Å². The predicted octanol–water partition coefficient (Wildman–Crippen LogP) is 6.59. The molecule has 27 heavy (non-hydrogen) atoms. The molecule has 0 N–H and O–H groups in total. The van der Waals surface area contributed by atoms with Gasteiger partial charge in [0.05, 0.1) is 11.6 Å². The Morgan fingerprint density at radius 3 is 1.81 bits per heavy atom. The van der Waals surface area contributed by atoms with Gasteiger partial charge in [0.25, 0.3) is 0 Å². The van der Waals surface area contributed by atoms with Gasteiger partial charge in [-0.25, -0.2) is 0 Å². The van der Waals surface area contributed by atoms with Gasteiger partial charge in [-0.3, -0.25) is 0 Å². The third-order valence-electron chi connectivity index (χ3n) is 5.81. The minimum Gasteiger partial charge on any atom is -0.355 e. The Morgan fingerprint density at radius 1 is 0.704 bits per heavy atom. The third kappa shape index (κ3) is 2.88. The smallest absolute Gasteiger partial charge is 0.0613 e. The number of para-hydroxylation sites is 1. The Kier molecular flexibility index (Phi) is 4.39. The number of aryl methyl sites for hydroxylation is 1. The van der Waals surface area contributed by atoms with Crippen molar-refractivity contribution in [3.05, 3.63) is 102 Å². The van der Waals surface area contributed by atoms with Gasteiger partial charge in [-0.1, -0.05) is 78.9 Å². The molecule has 1 atom stereocenters. The number of hydrogen-bond acceptors (Lipinski definition) is 1. The quantitative estimate of drug-likeness (QED) is 0.513. The summed E-state index contributed by atoms with van der Waals surface area (Å²) in [5.41, 5.74) is 7.99. The average molecular weight is 354 g/mol. The third-order valence-corrected chi connectivity index (χ3v) is 5.81. The van der Waals surface area contributed by atoms with Crippen molar-refractivity contribution < 1.29 is 0 Å². The number of anilines is 1. The van der Waals surface area contributed by atoms with Gasteiger partial charge in [0.2, 0.25) is 0 Å². The van der Waals surface area contributed by atoms with Gasteiger partial charge in [0.1, 0.15) is 0 Å². The van der Waals surface area contributed by atoms with Crippen molar-refractivity contribution in [1.29, 1.82) is 0 Å². The summed E-state index contributed by atoms with van der Waals surface area (Å²) < 4.78 is 0. The fraction of sp³-hybridized carbons (Fsp3) is 0.231. The van der Waals surface area contributed by atoms with Gasteiger partial charge in [-0.2, -0.15) is 0 Å². The van der Waals surface area contributed by atoms with Crippen LogP contribution in [-0.4, -0.2) is 11.6 Å². The Morgan fingerprint density at radius 2 is 1.22 bits per heavy atom. The molecule has 1 aliphatic heterocycles. The summed E-state index contributed by atoms with van der Waals surface area (Å²) in [6.07, 6.45) is 0. The van der Waals surface area contributed by atoms with E-state index in [4.69, 9.17) is 0 Å². The zero-order valence-electron chi connectivity index (χ0n) is 16.6. The summed E-state index contributed by atoms with van der Waals surface area (Å²) >= 11 is 0. The SMILES string of the molecule is Cc1ccccc1N1C(C)C(c2ccccc2)=C(c2ccccc2)C1(C)C. The zero-order chi connectivity index (χ0) is 19.0. The van der Waals surface area contributed by atoms with Crippen molar-refractivity contribution in [2.45, 2.75) is 39.3 Å². The molecule has 0 aromatic heterocycles. The van der Waals surface area contributed by atoms with E-state index in [1.165, 1.54) is 33.5 Å². The lowest BCUT2D eigenvalue weighted by atomic mass is 9.85. The van der Waals surface area contributed by atoms with E-state index in [-0.39, 0.29) is 5.54 Å². The molecule has 0 aliphatic carbocycles. The number of nitrogens with zero attached hydrogens (tertiary/aromatic N) is 1. The van der Waals surface area contributed by atoms with Crippen molar-refractivity contribution in [2.75, 3.05) is 4.90 Å². The maximum atomic E-state index is 2.59. The Bertz CT molecular complexity index is 967. The fourth-order valence-electron chi connectivity index (χ4n) is 4.73.